The van der Waals surface area contributed by atoms with Gasteiger partial charge in [0, 0.05) is 0 Å². The van der Waals surface area contributed by atoms with Crippen LogP contribution in [0.25, 0.3) is 0 Å². The van der Waals surface area contributed by atoms with Gasteiger partial charge in [0.2, 0.25) is 22.6 Å². The van der Waals surface area contributed by atoms with E-state index >= 15 is 0 Å². The zero-order valence-electron chi connectivity index (χ0n) is 28.3. The van der Waals surface area contributed by atoms with Crippen molar-refractivity contribution in [1.82, 2.24) is 0 Å². The smallest absolute Gasteiger partial charge is 0.312 e. The van der Waals surface area contributed by atoms with Crippen LogP contribution in [0.3, 0.4) is 0 Å². The lowest BCUT2D eigenvalue weighted by Gasteiger charge is -2.62. The van der Waals surface area contributed by atoms with Crippen LogP contribution in [-0.2, 0) is 52.6 Å². The molecule has 2 heterocycles. The maximum atomic E-state index is 13.4. The summed E-state index contributed by atoms with van der Waals surface area (Å²) in [5.41, 5.74) is -20.4. The lowest BCUT2D eigenvalue weighted by atomic mass is 9.59. The van der Waals surface area contributed by atoms with Gasteiger partial charge in [0.1, 0.15) is 36.4 Å². The molecular weight excluding hydrogens is 680 g/mol. The first kappa shape index (κ1) is 42.9. The Balaban J connectivity index is 3.22. The minimum atomic E-state index is -4.16. The Kier molecular flexibility index (Phi) is 11.7. The van der Waals surface area contributed by atoms with Crippen molar-refractivity contribution in [1.29, 1.82) is 0 Å². The molecule has 0 aromatic rings. The highest BCUT2D eigenvalue weighted by atomic mass is 16.7. The Bertz CT molecular complexity index is 1490. The Morgan fingerprint density at radius 3 is 1.38 bits per heavy atom. The number of carboxylic acid groups (broad SMARTS) is 1. The topological polar surface area (TPSA) is 346 Å². The molecule has 0 amide bonds. The Labute approximate surface area is 283 Å². The SMILES string of the molecule is CCC(C(=O)O)C1(O)O[C@H](C(O)C(C)=O)[C@@H](O[C@@H]2O[C@H](C(O)C(C)=O)[C@@](O)(C(C)=O)[C@@](O)(C(C)=O)[C@]2(O)C(C)=O)[C@@](O)(C(C)=O)[C@]1(O)C(C)=O. The monoisotopic (exact) mass is 722 g/mol. The molecule has 9 N–H and O–H groups in total. The van der Waals surface area contributed by atoms with Crippen molar-refractivity contribution in [3.05, 3.63) is 0 Å². The van der Waals surface area contributed by atoms with Gasteiger partial charge in [-0.05, 0) is 54.9 Å². The predicted molar refractivity (Wildman–Crippen MR) is 156 cm³/mol. The molecule has 20 heteroatoms. The molecular formula is C30H42O20. The molecule has 0 spiro atoms. The molecule has 2 aliphatic rings. The van der Waals surface area contributed by atoms with Crippen LogP contribution in [0.5, 0.6) is 0 Å². The number of aliphatic hydroxyl groups is 8. The van der Waals surface area contributed by atoms with E-state index in [1.165, 1.54) is 0 Å². The number of carbonyl (C=O) groups excluding carboxylic acids is 7. The molecule has 20 nitrogen and oxygen atoms in total. The summed E-state index contributed by atoms with van der Waals surface area (Å²) in [6.07, 6.45) is -18.1. The lowest BCUT2D eigenvalue weighted by Crippen LogP contribution is -2.89. The molecule has 50 heavy (non-hydrogen) atoms. The number of aliphatic hydroxyl groups excluding tert-OH is 2. The fourth-order valence-corrected chi connectivity index (χ4v) is 6.83. The quantitative estimate of drug-likeness (QED) is 0.0809. The second-order valence-corrected chi connectivity index (χ2v) is 12.6. The van der Waals surface area contributed by atoms with Crippen molar-refractivity contribution in [3.8, 4) is 0 Å². The number of Topliss-reactive ketones (excluding diaryl/α,β-unsaturated/α-hetero) is 7. The van der Waals surface area contributed by atoms with Crippen LogP contribution in [0.2, 0.25) is 0 Å². The van der Waals surface area contributed by atoms with Gasteiger partial charge in [-0.25, -0.2) is 0 Å². The molecule has 0 aromatic heterocycles. The largest absolute Gasteiger partial charge is 0.481 e. The second-order valence-electron chi connectivity index (χ2n) is 12.6. The maximum absolute atomic E-state index is 13.4. The minimum absolute atomic E-state index is 0.435. The molecule has 2 aliphatic heterocycles. The van der Waals surface area contributed by atoms with Crippen molar-refractivity contribution in [3.63, 3.8) is 0 Å². The van der Waals surface area contributed by atoms with Gasteiger partial charge >= 0.3 is 5.97 Å². The molecule has 282 valence electrons. The summed E-state index contributed by atoms with van der Waals surface area (Å²) >= 11 is 0. The molecule has 0 saturated carbocycles. The number of ketones is 7. The van der Waals surface area contributed by atoms with E-state index in [0.717, 1.165) is 6.92 Å². The summed E-state index contributed by atoms with van der Waals surface area (Å²) in [6.45, 7) is 4.69. The van der Waals surface area contributed by atoms with Crippen LogP contribution in [0, 0.1) is 5.92 Å². The van der Waals surface area contributed by atoms with E-state index in [4.69, 9.17) is 14.2 Å². The fraction of sp³-hybridized carbons (Fsp3) is 0.733. The number of carboxylic acids is 1. The molecule has 2 saturated heterocycles. The number of aliphatic carboxylic acids is 1. The highest BCUT2D eigenvalue weighted by Gasteiger charge is 2.83. The zero-order chi connectivity index (χ0) is 39.5. The van der Waals surface area contributed by atoms with Crippen LogP contribution in [-0.4, -0.2) is 163 Å². The van der Waals surface area contributed by atoms with Gasteiger partial charge in [-0.3, -0.25) is 38.4 Å². The van der Waals surface area contributed by atoms with Gasteiger partial charge in [0.15, 0.2) is 58.0 Å². The first-order chi connectivity index (χ1) is 22.5. The van der Waals surface area contributed by atoms with Crippen LogP contribution in [0.1, 0.15) is 61.8 Å². The summed E-state index contributed by atoms with van der Waals surface area (Å²) in [7, 11) is 0. The summed E-state index contributed by atoms with van der Waals surface area (Å²) in [5.74, 6) is -19.9. The van der Waals surface area contributed by atoms with E-state index in [-0.39, 0.29) is 0 Å². The average molecular weight is 723 g/mol. The van der Waals surface area contributed by atoms with Crippen molar-refractivity contribution in [2.24, 2.45) is 5.92 Å². The summed E-state index contributed by atoms with van der Waals surface area (Å²) in [6, 6.07) is 0. The Morgan fingerprint density at radius 2 is 1.06 bits per heavy atom. The molecule has 0 aliphatic carbocycles. The first-order valence-corrected chi connectivity index (χ1v) is 15.0. The molecule has 13 atom stereocenters. The van der Waals surface area contributed by atoms with Gasteiger partial charge in [-0.1, -0.05) is 6.92 Å². The summed E-state index contributed by atoms with van der Waals surface area (Å²) < 4.78 is 16.2. The van der Waals surface area contributed by atoms with Crippen molar-refractivity contribution in [2.75, 3.05) is 0 Å². The third-order valence-corrected chi connectivity index (χ3v) is 9.73. The van der Waals surface area contributed by atoms with E-state index in [0.29, 0.717) is 48.5 Å². The Morgan fingerprint density at radius 1 is 0.640 bits per heavy atom. The van der Waals surface area contributed by atoms with Crippen LogP contribution in [0.15, 0.2) is 0 Å². The van der Waals surface area contributed by atoms with Gasteiger partial charge in [0.05, 0.1) is 0 Å². The number of hydrogen-bond donors (Lipinski definition) is 9. The van der Waals surface area contributed by atoms with Crippen molar-refractivity contribution in [2.45, 2.75) is 132 Å². The number of carbonyl (C=O) groups is 8. The third-order valence-electron chi connectivity index (χ3n) is 9.73. The normalized spacial score (nSPS) is 40.6. The van der Waals surface area contributed by atoms with Crippen LogP contribution in [0.4, 0.5) is 0 Å². The van der Waals surface area contributed by atoms with E-state index in [1.54, 1.807) is 0 Å². The first-order valence-electron chi connectivity index (χ1n) is 15.0. The van der Waals surface area contributed by atoms with E-state index in [1.807, 2.05) is 0 Å². The fourth-order valence-electron chi connectivity index (χ4n) is 6.83. The van der Waals surface area contributed by atoms with Crippen LogP contribution < -0.4 is 0 Å². The summed E-state index contributed by atoms with van der Waals surface area (Å²) in [4.78, 5) is 103. The number of hydrogen-bond acceptors (Lipinski definition) is 19. The highest BCUT2D eigenvalue weighted by Crippen LogP contribution is 2.53. The predicted octanol–water partition coefficient (Wildman–Crippen LogP) is -5.20. The number of ether oxygens (including phenoxy) is 3. The summed E-state index contributed by atoms with van der Waals surface area (Å²) in [5, 5.41) is 103. The van der Waals surface area contributed by atoms with E-state index in [9.17, 15) is 84.3 Å². The Hall–Kier alpha value is -3.28. The zero-order valence-corrected chi connectivity index (χ0v) is 28.3. The maximum Gasteiger partial charge on any atom is 0.312 e. The minimum Gasteiger partial charge on any atom is -0.481 e. The third kappa shape index (κ3) is 5.41. The lowest BCUT2D eigenvalue weighted by molar-refractivity contribution is -0.438. The average Bonchev–Trinajstić information content (AvgIpc) is 2.99. The van der Waals surface area contributed by atoms with Crippen molar-refractivity contribution >= 4 is 46.5 Å². The molecule has 4 unspecified atom stereocenters. The molecule has 2 fully saturated rings. The number of rotatable bonds is 14. The highest BCUT2D eigenvalue weighted by molar-refractivity contribution is 6.06. The molecule has 0 radical (unpaired) electrons. The van der Waals surface area contributed by atoms with Gasteiger partial charge in [0.25, 0.3) is 0 Å². The van der Waals surface area contributed by atoms with Gasteiger partial charge in [-0.2, -0.15) is 0 Å². The molecule has 0 bridgehead atoms. The van der Waals surface area contributed by atoms with Crippen molar-refractivity contribution < 1.29 is 98.5 Å². The van der Waals surface area contributed by atoms with E-state index < -0.39 is 129 Å². The van der Waals surface area contributed by atoms with E-state index in [2.05, 4.69) is 0 Å². The standard InChI is InChI=1S/C30H42O20/c1-9-17(23(40)41)30(47)29(46,16(8)37)26(43,13(5)34)22(20(50-30)18(38)10(2)31)49-24-27(44,14(6)35)28(45,15(7)36)25(42,12(4)33)21(48-24)19(39)11(3)32/h17-22,24,38-39,42-47H,9H2,1-8H3,(H,40,41)/t17?,18?,19?,20-,21-,22-,24+,25+,26+,27+,28+,29-,30?/m1/s1. The van der Waals surface area contributed by atoms with Gasteiger partial charge in [-0.15, -0.1) is 0 Å². The van der Waals surface area contributed by atoms with Crippen LogP contribution >= 0.6 is 0 Å². The van der Waals surface area contributed by atoms with Gasteiger partial charge < -0.3 is 60.2 Å². The second kappa shape index (κ2) is 13.7. The molecule has 0 aromatic carbocycles. The molecule has 2 rings (SSSR count).